The predicted molar refractivity (Wildman–Crippen MR) is 114 cm³/mol. The molecular formula is C19H21ClN2O6S2. The predicted octanol–water partition coefficient (Wildman–Crippen LogP) is 3.24. The molecule has 2 atom stereocenters. The first-order chi connectivity index (χ1) is 14.1. The number of amides is 1. The number of nitrogens with zero attached hydrogens (tertiary/aromatic N) is 1. The quantitative estimate of drug-likeness (QED) is 0.670. The molecule has 0 saturated carbocycles. The number of ether oxygens (including phenoxy) is 2. The lowest BCUT2D eigenvalue weighted by Crippen LogP contribution is -2.48. The second-order valence-electron chi connectivity index (χ2n) is 6.83. The van der Waals surface area contributed by atoms with E-state index in [1.54, 1.807) is 25.3 Å². The Hall–Kier alpha value is -1.98. The molecule has 30 heavy (non-hydrogen) atoms. The molecule has 0 spiro atoms. The number of hydrogen-bond acceptors (Lipinski definition) is 7. The standard InChI is InChI=1S/C19H21ClN2O6S2/c1-11-9-22(10-12(2)28-11)30(25,26)16-8-13(4-5-14(16)20)18(23)21-15-6-7-29-17(15)19(24)27-3/h4-8,11-12H,9-10H2,1-3H3,(H,21,23). The number of benzene rings is 1. The summed E-state index contributed by atoms with van der Waals surface area (Å²) in [6.45, 7) is 3.97. The first-order valence-electron chi connectivity index (χ1n) is 9.05. The Morgan fingerprint density at radius 2 is 1.90 bits per heavy atom. The number of nitrogens with one attached hydrogen (secondary N) is 1. The number of methoxy groups -OCH3 is 1. The minimum atomic E-state index is -3.93. The average molecular weight is 473 g/mol. The zero-order valence-electron chi connectivity index (χ0n) is 16.5. The highest BCUT2D eigenvalue weighted by Gasteiger charge is 2.34. The molecule has 1 aliphatic heterocycles. The van der Waals surface area contributed by atoms with Crippen molar-refractivity contribution in [3.05, 3.63) is 45.1 Å². The lowest BCUT2D eigenvalue weighted by Gasteiger charge is -2.34. The van der Waals surface area contributed by atoms with E-state index in [0.29, 0.717) is 0 Å². The molecule has 1 fully saturated rings. The number of halogens is 1. The van der Waals surface area contributed by atoms with Gasteiger partial charge >= 0.3 is 5.97 Å². The molecule has 1 amide bonds. The summed E-state index contributed by atoms with van der Waals surface area (Å²) < 4.78 is 37.9. The minimum Gasteiger partial charge on any atom is -0.465 e. The van der Waals surface area contributed by atoms with Crippen LogP contribution in [0.25, 0.3) is 0 Å². The van der Waals surface area contributed by atoms with Crippen LogP contribution >= 0.6 is 22.9 Å². The van der Waals surface area contributed by atoms with Crippen molar-refractivity contribution in [1.82, 2.24) is 4.31 Å². The number of thiophene rings is 1. The molecule has 1 saturated heterocycles. The van der Waals surface area contributed by atoms with Crippen LogP contribution < -0.4 is 5.32 Å². The van der Waals surface area contributed by atoms with Gasteiger partial charge in [-0.3, -0.25) is 4.79 Å². The van der Waals surface area contributed by atoms with Gasteiger partial charge in [0, 0.05) is 18.7 Å². The topological polar surface area (TPSA) is 102 Å². The summed E-state index contributed by atoms with van der Waals surface area (Å²) in [6.07, 6.45) is -0.520. The highest BCUT2D eigenvalue weighted by molar-refractivity contribution is 7.89. The van der Waals surface area contributed by atoms with Gasteiger partial charge in [0.25, 0.3) is 5.91 Å². The van der Waals surface area contributed by atoms with Crippen LogP contribution in [-0.4, -0.2) is 57.0 Å². The Kier molecular flexibility index (Phi) is 6.83. The van der Waals surface area contributed by atoms with E-state index in [1.165, 1.54) is 29.6 Å². The third-order valence-electron chi connectivity index (χ3n) is 4.48. The normalized spacial score (nSPS) is 20.0. The zero-order chi connectivity index (χ0) is 22.1. The van der Waals surface area contributed by atoms with Gasteiger partial charge in [-0.05, 0) is 43.5 Å². The first kappa shape index (κ1) is 22.7. The summed E-state index contributed by atoms with van der Waals surface area (Å²) in [5, 5.41) is 4.27. The fraction of sp³-hybridized carbons (Fsp3) is 0.368. The molecule has 162 valence electrons. The second kappa shape index (κ2) is 9.03. The smallest absolute Gasteiger partial charge is 0.350 e. The summed E-state index contributed by atoms with van der Waals surface area (Å²) >= 11 is 7.30. The van der Waals surface area contributed by atoms with Crippen molar-refractivity contribution in [1.29, 1.82) is 0 Å². The molecule has 0 radical (unpaired) electrons. The Bertz CT molecular complexity index is 1060. The second-order valence-corrected chi connectivity index (χ2v) is 10.1. The number of anilines is 1. The molecule has 3 rings (SSSR count). The maximum absolute atomic E-state index is 13.2. The molecule has 11 heteroatoms. The summed E-state index contributed by atoms with van der Waals surface area (Å²) in [4.78, 5) is 24.6. The fourth-order valence-corrected chi connectivity index (χ4v) is 6.02. The Morgan fingerprint density at radius 1 is 1.23 bits per heavy atom. The van der Waals surface area contributed by atoms with Crippen LogP contribution in [0.1, 0.15) is 33.9 Å². The van der Waals surface area contributed by atoms with E-state index < -0.39 is 21.9 Å². The van der Waals surface area contributed by atoms with E-state index in [2.05, 4.69) is 5.32 Å². The largest absolute Gasteiger partial charge is 0.465 e. The molecule has 1 aromatic heterocycles. The number of rotatable bonds is 5. The van der Waals surface area contributed by atoms with E-state index in [1.807, 2.05) is 0 Å². The number of hydrogen-bond donors (Lipinski definition) is 1. The third kappa shape index (κ3) is 4.68. The van der Waals surface area contributed by atoms with E-state index >= 15 is 0 Å². The Balaban J connectivity index is 1.89. The minimum absolute atomic E-state index is 0.0177. The van der Waals surface area contributed by atoms with Crippen molar-refractivity contribution in [2.24, 2.45) is 0 Å². The molecule has 1 aliphatic rings. The van der Waals surface area contributed by atoms with Crippen molar-refractivity contribution < 1.29 is 27.5 Å². The van der Waals surface area contributed by atoms with Gasteiger partial charge in [-0.2, -0.15) is 4.31 Å². The van der Waals surface area contributed by atoms with Crippen LogP contribution in [0.4, 0.5) is 5.69 Å². The zero-order valence-corrected chi connectivity index (χ0v) is 18.9. The molecule has 1 aromatic carbocycles. The van der Waals surface area contributed by atoms with Crippen molar-refractivity contribution >= 4 is 50.5 Å². The average Bonchev–Trinajstić information content (AvgIpc) is 3.14. The number of esters is 1. The fourth-order valence-electron chi connectivity index (χ4n) is 3.16. The molecule has 0 aliphatic carbocycles. The van der Waals surface area contributed by atoms with Crippen molar-refractivity contribution in [3.63, 3.8) is 0 Å². The lowest BCUT2D eigenvalue weighted by atomic mass is 10.2. The van der Waals surface area contributed by atoms with E-state index in [4.69, 9.17) is 21.1 Å². The number of sulfonamides is 1. The van der Waals surface area contributed by atoms with Gasteiger partial charge in [-0.15, -0.1) is 11.3 Å². The van der Waals surface area contributed by atoms with Crippen LogP contribution in [-0.2, 0) is 19.5 Å². The third-order valence-corrected chi connectivity index (χ3v) is 7.69. The van der Waals surface area contributed by atoms with Gasteiger partial charge in [-0.25, -0.2) is 13.2 Å². The maximum Gasteiger partial charge on any atom is 0.350 e. The molecule has 2 aromatic rings. The van der Waals surface area contributed by atoms with Crippen LogP contribution in [0.3, 0.4) is 0 Å². The lowest BCUT2D eigenvalue weighted by molar-refractivity contribution is -0.0440. The number of carbonyl (C=O) groups excluding carboxylic acids is 2. The van der Waals surface area contributed by atoms with Crippen molar-refractivity contribution in [3.8, 4) is 0 Å². The van der Waals surface area contributed by atoms with Crippen LogP contribution in [0.2, 0.25) is 5.02 Å². The summed E-state index contributed by atoms with van der Waals surface area (Å²) in [5.74, 6) is -1.15. The molecule has 8 nitrogen and oxygen atoms in total. The first-order valence-corrected chi connectivity index (χ1v) is 11.8. The van der Waals surface area contributed by atoms with Gasteiger partial charge in [0.1, 0.15) is 9.77 Å². The molecule has 2 heterocycles. The molecule has 2 unspecified atom stereocenters. The SMILES string of the molecule is COC(=O)c1sccc1NC(=O)c1ccc(Cl)c(S(=O)(=O)N2CC(C)OC(C)C2)c1. The van der Waals surface area contributed by atoms with Gasteiger partial charge in [-0.1, -0.05) is 11.6 Å². The monoisotopic (exact) mass is 472 g/mol. The number of morpholine rings is 1. The van der Waals surface area contributed by atoms with Crippen molar-refractivity contribution in [2.45, 2.75) is 31.0 Å². The van der Waals surface area contributed by atoms with Gasteiger partial charge in [0.05, 0.1) is 30.0 Å². The van der Waals surface area contributed by atoms with E-state index in [-0.39, 0.29) is 51.3 Å². The van der Waals surface area contributed by atoms with Gasteiger partial charge in [0.2, 0.25) is 10.0 Å². The highest BCUT2D eigenvalue weighted by atomic mass is 35.5. The maximum atomic E-state index is 13.2. The summed E-state index contributed by atoms with van der Waals surface area (Å²) in [6, 6.07) is 5.60. The van der Waals surface area contributed by atoms with E-state index in [9.17, 15) is 18.0 Å². The summed E-state index contributed by atoms with van der Waals surface area (Å²) in [5.41, 5.74) is 0.376. The van der Waals surface area contributed by atoms with Gasteiger partial charge < -0.3 is 14.8 Å². The van der Waals surface area contributed by atoms with Crippen LogP contribution in [0.15, 0.2) is 34.5 Å². The molecular weight excluding hydrogens is 452 g/mol. The molecule has 1 N–H and O–H groups in total. The Morgan fingerprint density at radius 3 is 2.53 bits per heavy atom. The van der Waals surface area contributed by atoms with Crippen LogP contribution in [0, 0.1) is 0 Å². The highest BCUT2D eigenvalue weighted by Crippen LogP contribution is 2.29. The summed E-state index contributed by atoms with van der Waals surface area (Å²) in [7, 11) is -2.69. The van der Waals surface area contributed by atoms with Crippen LogP contribution in [0.5, 0.6) is 0 Å². The Labute approximate surface area is 183 Å². The number of carbonyl (C=O) groups is 2. The van der Waals surface area contributed by atoms with Gasteiger partial charge in [0.15, 0.2) is 0 Å². The van der Waals surface area contributed by atoms with Crippen molar-refractivity contribution in [2.75, 3.05) is 25.5 Å². The van der Waals surface area contributed by atoms with E-state index in [0.717, 1.165) is 11.3 Å². The molecule has 0 bridgehead atoms.